The van der Waals surface area contributed by atoms with Crippen LogP contribution in [0, 0.1) is 6.92 Å². The van der Waals surface area contributed by atoms with E-state index >= 15 is 0 Å². The average molecular weight is 391 g/mol. The van der Waals surface area contributed by atoms with Crippen molar-refractivity contribution in [3.05, 3.63) is 58.6 Å². The van der Waals surface area contributed by atoms with Crippen molar-refractivity contribution in [3.63, 3.8) is 0 Å². The first-order chi connectivity index (χ1) is 10.8. The molecule has 2 rings (SSSR count). The van der Waals surface area contributed by atoms with Gasteiger partial charge in [-0.15, -0.1) is 12.4 Å². The Balaban J connectivity index is 0.00000288. The second kappa shape index (κ2) is 8.69. The number of aryl methyl sites for hydroxylation is 1. The Bertz CT molecular complexity index is 783. The highest BCUT2D eigenvalue weighted by atomic mass is 35.5. The minimum absolute atomic E-state index is 0. The maximum Gasteiger partial charge on any atom is 0.240 e. The molecule has 24 heavy (non-hydrogen) atoms. The van der Waals surface area contributed by atoms with E-state index in [0.717, 1.165) is 5.56 Å². The highest BCUT2D eigenvalue weighted by Crippen LogP contribution is 2.30. The molecule has 0 aromatic heterocycles. The molecule has 0 bridgehead atoms. The summed E-state index contributed by atoms with van der Waals surface area (Å²) in [6.45, 7) is 1.78. The average Bonchev–Trinajstić information content (AvgIpc) is 2.55. The lowest BCUT2D eigenvalue weighted by Crippen LogP contribution is -2.32. The summed E-state index contributed by atoms with van der Waals surface area (Å²) in [6.07, 6.45) is 0. The van der Waals surface area contributed by atoms with Crippen molar-refractivity contribution >= 4 is 34.0 Å². The summed E-state index contributed by atoms with van der Waals surface area (Å²) in [6, 6.07) is 11.8. The van der Waals surface area contributed by atoms with Gasteiger partial charge in [-0.25, -0.2) is 13.1 Å². The maximum atomic E-state index is 12.5. The van der Waals surface area contributed by atoms with Crippen molar-refractivity contribution in [1.29, 1.82) is 0 Å². The van der Waals surface area contributed by atoms with Crippen LogP contribution in [0.4, 0.5) is 0 Å². The van der Waals surface area contributed by atoms with Crippen LogP contribution in [0.25, 0.3) is 0 Å². The molecule has 0 aliphatic carbocycles. The number of benzene rings is 2. The molecule has 0 amide bonds. The highest BCUT2D eigenvalue weighted by molar-refractivity contribution is 7.89. The zero-order valence-corrected chi connectivity index (χ0v) is 15.7. The van der Waals surface area contributed by atoms with E-state index in [9.17, 15) is 8.42 Å². The fourth-order valence-electron chi connectivity index (χ4n) is 2.18. The van der Waals surface area contributed by atoms with Crippen LogP contribution in [0.5, 0.6) is 5.75 Å². The number of ether oxygens (including phenoxy) is 1. The fraction of sp³-hybridized carbons (Fsp3) is 0.250. The first-order valence-electron chi connectivity index (χ1n) is 6.99. The van der Waals surface area contributed by atoms with Crippen molar-refractivity contribution in [2.75, 3.05) is 13.7 Å². The van der Waals surface area contributed by atoms with E-state index in [2.05, 4.69) is 4.72 Å². The third kappa shape index (κ3) is 4.84. The lowest BCUT2D eigenvalue weighted by molar-refractivity contribution is 0.414. The Morgan fingerprint density at radius 1 is 1.25 bits per heavy atom. The van der Waals surface area contributed by atoms with Gasteiger partial charge in [0.15, 0.2) is 0 Å². The van der Waals surface area contributed by atoms with E-state index in [1.54, 1.807) is 13.0 Å². The quantitative estimate of drug-likeness (QED) is 0.793. The summed E-state index contributed by atoms with van der Waals surface area (Å²) in [5.41, 5.74) is 7.43. The molecule has 5 nitrogen and oxygen atoms in total. The minimum atomic E-state index is -3.71. The van der Waals surface area contributed by atoms with Crippen LogP contribution in [0.2, 0.25) is 5.02 Å². The van der Waals surface area contributed by atoms with E-state index in [1.165, 1.54) is 13.2 Å². The molecule has 1 unspecified atom stereocenters. The summed E-state index contributed by atoms with van der Waals surface area (Å²) >= 11 is 6.02. The molecule has 0 fully saturated rings. The maximum absolute atomic E-state index is 12.5. The Morgan fingerprint density at radius 2 is 1.88 bits per heavy atom. The highest BCUT2D eigenvalue weighted by Gasteiger charge is 2.20. The molecule has 8 heteroatoms. The number of halogens is 2. The second-order valence-corrected chi connectivity index (χ2v) is 7.26. The summed E-state index contributed by atoms with van der Waals surface area (Å²) in [4.78, 5) is 0.114. The van der Waals surface area contributed by atoms with Crippen LogP contribution in [-0.4, -0.2) is 22.1 Å². The lowest BCUT2D eigenvalue weighted by atomic mass is 10.1. The van der Waals surface area contributed by atoms with Gasteiger partial charge in [0.05, 0.1) is 17.0 Å². The predicted molar refractivity (Wildman–Crippen MR) is 98.5 cm³/mol. The number of nitrogens with two attached hydrogens (primary N) is 1. The van der Waals surface area contributed by atoms with E-state index in [1.807, 2.05) is 30.3 Å². The van der Waals surface area contributed by atoms with Gasteiger partial charge < -0.3 is 10.5 Å². The molecular formula is C16H20Cl2N2O3S. The lowest BCUT2D eigenvalue weighted by Gasteiger charge is -2.15. The van der Waals surface area contributed by atoms with Gasteiger partial charge in [0, 0.05) is 12.6 Å². The topological polar surface area (TPSA) is 81.4 Å². The van der Waals surface area contributed by atoms with Crippen molar-refractivity contribution in [2.24, 2.45) is 5.73 Å². The van der Waals surface area contributed by atoms with Gasteiger partial charge in [-0.3, -0.25) is 0 Å². The zero-order chi connectivity index (χ0) is 17.0. The molecule has 0 spiro atoms. The van der Waals surface area contributed by atoms with Gasteiger partial charge in [-0.05, 0) is 30.2 Å². The van der Waals surface area contributed by atoms with Crippen LogP contribution in [0.1, 0.15) is 17.2 Å². The van der Waals surface area contributed by atoms with E-state index in [4.69, 9.17) is 22.1 Å². The molecule has 2 aromatic carbocycles. The van der Waals surface area contributed by atoms with Crippen LogP contribution in [0.15, 0.2) is 47.4 Å². The normalized spacial score (nSPS) is 12.3. The standard InChI is InChI=1S/C16H19ClN2O3S.ClH/c1-11-8-15(22-2)13(17)9-16(11)23(20,21)19-10-14(18)12-6-4-3-5-7-12;/h3-9,14,19H,10,18H2,1-2H3;1H. The Kier molecular flexibility index (Phi) is 7.51. The monoisotopic (exact) mass is 390 g/mol. The first kappa shape index (κ1) is 20.7. The van der Waals surface area contributed by atoms with E-state index < -0.39 is 16.1 Å². The summed E-state index contributed by atoms with van der Waals surface area (Å²) in [5, 5.41) is 0.242. The molecule has 2 aromatic rings. The third-order valence-corrected chi connectivity index (χ3v) is 5.32. The minimum Gasteiger partial charge on any atom is -0.495 e. The number of rotatable bonds is 6. The number of methoxy groups -OCH3 is 1. The second-order valence-electron chi connectivity index (χ2n) is 5.12. The molecule has 0 radical (unpaired) electrons. The smallest absolute Gasteiger partial charge is 0.240 e. The molecule has 0 aliphatic heterocycles. The van der Waals surface area contributed by atoms with Crippen molar-refractivity contribution in [3.8, 4) is 5.75 Å². The Hall–Kier alpha value is -1.31. The van der Waals surface area contributed by atoms with Gasteiger partial charge in [0.1, 0.15) is 5.75 Å². The number of nitrogens with one attached hydrogen (secondary N) is 1. The van der Waals surface area contributed by atoms with Gasteiger partial charge in [-0.1, -0.05) is 41.9 Å². The predicted octanol–water partition coefficient (Wildman–Crippen LogP) is 3.06. The molecule has 0 heterocycles. The van der Waals surface area contributed by atoms with Crippen LogP contribution in [-0.2, 0) is 10.0 Å². The van der Waals surface area contributed by atoms with Crippen LogP contribution < -0.4 is 15.2 Å². The summed E-state index contributed by atoms with van der Waals surface area (Å²) < 4.78 is 32.6. The largest absolute Gasteiger partial charge is 0.495 e. The molecular weight excluding hydrogens is 371 g/mol. The molecule has 132 valence electrons. The number of hydrogen-bond acceptors (Lipinski definition) is 4. The molecule has 0 aliphatic rings. The molecule has 0 saturated carbocycles. The Morgan fingerprint density at radius 3 is 2.46 bits per heavy atom. The van der Waals surface area contributed by atoms with Gasteiger partial charge in [0.2, 0.25) is 10.0 Å². The number of hydrogen-bond donors (Lipinski definition) is 2. The summed E-state index contributed by atoms with van der Waals surface area (Å²) in [5.74, 6) is 0.434. The first-order valence-corrected chi connectivity index (χ1v) is 8.85. The van der Waals surface area contributed by atoms with Crippen LogP contribution in [0.3, 0.4) is 0 Å². The van der Waals surface area contributed by atoms with E-state index in [-0.39, 0.29) is 28.9 Å². The molecule has 1 atom stereocenters. The molecule has 3 N–H and O–H groups in total. The summed E-state index contributed by atoms with van der Waals surface area (Å²) in [7, 11) is -2.23. The van der Waals surface area contributed by atoms with Crippen molar-refractivity contribution in [2.45, 2.75) is 17.9 Å². The Labute approximate surface area is 153 Å². The van der Waals surface area contributed by atoms with Gasteiger partial charge in [0.25, 0.3) is 0 Å². The van der Waals surface area contributed by atoms with Gasteiger partial charge >= 0.3 is 0 Å². The SMILES string of the molecule is COc1cc(C)c(S(=O)(=O)NCC(N)c2ccccc2)cc1Cl.Cl. The van der Waals surface area contributed by atoms with Crippen molar-refractivity contribution < 1.29 is 13.2 Å². The third-order valence-electron chi connectivity index (χ3n) is 3.46. The zero-order valence-electron chi connectivity index (χ0n) is 13.3. The fourth-order valence-corrected chi connectivity index (χ4v) is 3.79. The number of sulfonamides is 1. The van der Waals surface area contributed by atoms with Crippen molar-refractivity contribution in [1.82, 2.24) is 4.72 Å². The van der Waals surface area contributed by atoms with E-state index in [0.29, 0.717) is 11.3 Å². The molecule has 0 saturated heterocycles. The van der Waals surface area contributed by atoms with Crippen LogP contribution >= 0.6 is 24.0 Å². The van der Waals surface area contributed by atoms with Gasteiger partial charge in [-0.2, -0.15) is 0 Å².